The van der Waals surface area contributed by atoms with E-state index in [0.29, 0.717) is 0 Å². The topological polar surface area (TPSA) is 78.9 Å². The lowest BCUT2D eigenvalue weighted by Crippen LogP contribution is -2.44. The molecule has 14 heavy (non-hydrogen) atoms. The Morgan fingerprint density at radius 1 is 1.43 bits per heavy atom. The van der Waals surface area contributed by atoms with Crippen LogP contribution in [0, 0.1) is 0 Å². The first-order valence-electron chi connectivity index (χ1n) is 4.13. The summed E-state index contributed by atoms with van der Waals surface area (Å²) in [6.45, 7) is 4.90. The zero-order chi connectivity index (χ0) is 11.4. The molecule has 0 aromatic heterocycles. The van der Waals surface area contributed by atoms with Crippen LogP contribution in [0.4, 0.5) is 4.79 Å². The van der Waals surface area contributed by atoms with Crippen LogP contribution in [0.3, 0.4) is 0 Å². The molecular weight excluding hydrogens is 188 g/mol. The molecule has 6 heteroatoms. The van der Waals surface area contributed by atoms with E-state index < -0.39 is 17.7 Å². The van der Waals surface area contributed by atoms with E-state index in [1.807, 2.05) is 0 Å². The number of hydrazine groups is 1. The number of hydrogen-bond acceptors (Lipinski definition) is 4. The average Bonchev–Trinajstić information content (AvgIpc) is 1.77. The molecule has 0 atom stereocenters. The number of hydrogen-bond donors (Lipinski definition) is 2. The number of carboxylic acids is 1. The Balaban J connectivity index is 3.89. The van der Waals surface area contributed by atoms with Crippen molar-refractivity contribution in [1.82, 2.24) is 10.4 Å². The molecule has 0 radical (unpaired) electrons. The van der Waals surface area contributed by atoms with Gasteiger partial charge >= 0.3 is 12.1 Å². The minimum atomic E-state index is -1.02. The van der Waals surface area contributed by atoms with Gasteiger partial charge in [0, 0.05) is 7.05 Å². The second-order valence-corrected chi connectivity index (χ2v) is 3.86. The molecule has 0 aromatic rings. The van der Waals surface area contributed by atoms with E-state index >= 15 is 0 Å². The van der Waals surface area contributed by atoms with Crippen molar-refractivity contribution >= 4 is 12.1 Å². The van der Waals surface area contributed by atoms with Crippen LogP contribution in [0.25, 0.3) is 0 Å². The molecule has 0 aliphatic carbocycles. The van der Waals surface area contributed by atoms with E-state index in [4.69, 9.17) is 9.84 Å². The van der Waals surface area contributed by atoms with Crippen LogP contribution < -0.4 is 5.43 Å². The Kier molecular flexibility index (Phi) is 4.36. The monoisotopic (exact) mass is 204 g/mol. The standard InChI is InChI=1S/C8H16N2O4/c1-8(2,3)14-7(13)9-10(4)5-6(11)12/h5H2,1-4H3,(H,9,13)(H,11,12). The number of rotatable bonds is 3. The number of nitrogens with one attached hydrogen (secondary N) is 1. The highest BCUT2D eigenvalue weighted by Crippen LogP contribution is 2.06. The molecule has 0 aliphatic rings. The molecule has 0 heterocycles. The molecule has 0 fully saturated rings. The maximum Gasteiger partial charge on any atom is 0.422 e. The molecule has 0 unspecified atom stereocenters. The zero-order valence-electron chi connectivity index (χ0n) is 8.83. The van der Waals surface area contributed by atoms with Crippen molar-refractivity contribution in [2.24, 2.45) is 0 Å². The highest BCUT2D eigenvalue weighted by atomic mass is 16.6. The van der Waals surface area contributed by atoms with E-state index in [9.17, 15) is 9.59 Å². The quantitative estimate of drug-likeness (QED) is 0.652. The molecular formula is C8H16N2O4. The molecule has 2 N–H and O–H groups in total. The van der Waals surface area contributed by atoms with Gasteiger partial charge in [0.25, 0.3) is 0 Å². The first-order valence-corrected chi connectivity index (χ1v) is 4.13. The van der Waals surface area contributed by atoms with E-state index in [1.165, 1.54) is 7.05 Å². The lowest BCUT2D eigenvalue weighted by atomic mass is 10.2. The Morgan fingerprint density at radius 3 is 2.29 bits per heavy atom. The van der Waals surface area contributed by atoms with Gasteiger partial charge in [-0.1, -0.05) is 0 Å². The number of aliphatic carboxylic acids is 1. The Morgan fingerprint density at radius 2 is 1.93 bits per heavy atom. The van der Waals surface area contributed by atoms with Crippen molar-refractivity contribution < 1.29 is 19.4 Å². The van der Waals surface area contributed by atoms with E-state index in [1.54, 1.807) is 20.8 Å². The lowest BCUT2D eigenvalue weighted by molar-refractivity contribution is -0.138. The molecule has 0 aliphatic heterocycles. The second kappa shape index (κ2) is 4.80. The second-order valence-electron chi connectivity index (χ2n) is 3.86. The van der Waals surface area contributed by atoms with Crippen molar-refractivity contribution in [3.05, 3.63) is 0 Å². The summed E-state index contributed by atoms with van der Waals surface area (Å²) in [6, 6.07) is 0. The van der Waals surface area contributed by atoms with Crippen molar-refractivity contribution in [2.45, 2.75) is 26.4 Å². The molecule has 0 saturated carbocycles. The van der Waals surface area contributed by atoms with Crippen LogP contribution in [0.1, 0.15) is 20.8 Å². The minimum Gasteiger partial charge on any atom is -0.480 e. The first-order chi connectivity index (χ1) is 6.20. The van der Waals surface area contributed by atoms with Gasteiger partial charge in [0.2, 0.25) is 0 Å². The fourth-order valence-corrected chi connectivity index (χ4v) is 0.699. The minimum absolute atomic E-state index is 0.279. The van der Waals surface area contributed by atoms with E-state index in [-0.39, 0.29) is 6.54 Å². The number of likely N-dealkylation sites (N-methyl/N-ethyl adjacent to an activating group) is 1. The highest BCUT2D eigenvalue weighted by molar-refractivity contribution is 5.71. The number of carbonyl (C=O) groups excluding carboxylic acids is 1. The molecule has 0 bridgehead atoms. The number of carboxylic acid groups (broad SMARTS) is 1. The predicted molar refractivity (Wildman–Crippen MR) is 49.6 cm³/mol. The van der Waals surface area contributed by atoms with Gasteiger partial charge in [-0.3, -0.25) is 10.2 Å². The Labute approximate surface area is 82.8 Å². The van der Waals surface area contributed by atoms with Crippen LogP contribution in [-0.2, 0) is 9.53 Å². The predicted octanol–water partition coefficient (Wildman–Crippen LogP) is 0.443. The number of amides is 1. The zero-order valence-corrected chi connectivity index (χ0v) is 8.83. The van der Waals surface area contributed by atoms with Crippen molar-refractivity contribution in [1.29, 1.82) is 0 Å². The molecule has 6 nitrogen and oxygen atoms in total. The van der Waals surface area contributed by atoms with Gasteiger partial charge in [-0.15, -0.1) is 0 Å². The summed E-state index contributed by atoms with van der Waals surface area (Å²) in [6.07, 6.45) is -0.666. The van der Waals surface area contributed by atoms with E-state index in [2.05, 4.69) is 5.43 Å². The molecule has 1 amide bonds. The summed E-state index contributed by atoms with van der Waals surface area (Å²) in [4.78, 5) is 21.3. The van der Waals surface area contributed by atoms with Gasteiger partial charge in [0.15, 0.2) is 0 Å². The largest absolute Gasteiger partial charge is 0.480 e. The average molecular weight is 204 g/mol. The van der Waals surface area contributed by atoms with Gasteiger partial charge < -0.3 is 9.84 Å². The van der Waals surface area contributed by atoms with Crippen molar-refractivity contribution in [3.63, 3.8) is 0 Å². The number of nitrogens with zero attached hydrogens (tertiary/aromatic N) is 1. The fourth-order valence-electron chi connectivity index (χ4n) is 0.699. The summed E-state index contributed by atoms with van der Waals surface area (Å²) in [7, 11) is 1.44. The fraction of sp³-hybridized carbons (Fsp3) is 0.750. The maximum absolute atomic E-state index is 11.1. The van der Waals surface area contributed by atoms with Crippen LogP contribution in [-0.4, -0.2) is 41.4 Å². The molecule has 0 rings (SSSR count). The van der Waals surface area contributed by atoms with Crippen LogP contribution >= 0.6 is 0 Å². The summed E-state index contributed by atoms with van der Waals surface area (Å²) in [5.74, 6) is -1.02. The van der Waals surface area contributed by atoms with Gasteiger partial charge in [0.05, 0.1) is 0 Å². The third kappa shape index (κ3) is 7.35. The normalized spacial score (nSPS) is 11.2. The van der Waals surface area contributed by atoms with Gasteiger partial charge in [-0.2, -0.15) is 0 Å². The number of ether oxygens (including phenoxy) is 1. The van der Waals surface area contributed by atoms with Crippen molar-refractivity contribution in [3.8, 4) is 0 Å². The van der Waals surface area contributed by atoms with Crippen molar-refractivity contribution in [2.75, 3.05) is 13.6 Å². The van der Waals surface area contributed by atoms with Crippen LogP contribution in [0.15, 0.2) is 0 Å². The first kappa shape index (κ1) is 12.7. The summed E-state index contributed by atoms with van der Waals surface area (Å²) >= 11 is 0. The smallest absolute Gasteiger partial charge is 0.422 e. The molecule has 82 valence electrons. The summed E-state index contributed by atoms with van der Waals surface area (Å²) < 4.78 is 4.91. The highest BCUT2D eigenvalue weighted by Gasteiger charge is 2.17. The van der Waals surface area contributed by atoms with Gasteiger partial charge in [-0.25, -0.2) is 9.80 Å². The van der Waals surface area contributed by atoms with Gasteiger partial charge in [-0.05, 0) is 20.8 Å². The van der Waals surface area contributed by atoms with Crippen LogP contribution in [0.5, 0.6) is 0 Å². The Hall–Kier alpha value is -1.30. The SMILES string of the molecule is CN(CC(=O)O)NC(=O)OC(C)(C)C. The molecule has 0 aromatic carbocycles. The molecule has 0 saturated heterocycles. The summed E-state index contributed by atoms with van der Waals surface area (Å²) in [5.41, 5.74) is 1.67. The van der Waals surface area contributed by atoms with E-state index in [0.717, 1.165) is 5.01 Å². The number of carbonyl (C=O) groups is 2. The van der Waals surface area contributed by atoms with Crippen LogP contribution in [0.2, 0.25) is 0 Å². The van der Waals surface area contributed by atoms with Gasteiger partial charge in [0.1, 0.15) is 12.1 Å². The summed E-state index contributed by atoms with van der Waals surface area (Å²) in [5, 5.41) is 9.53. The Bertz CT molecular complexity index is 222. The lowest BCUT2D eigenvalue weighted by Gasteiger charge is -2.22. The third-order valence-electron chi connectivity index (χ3n) is 1.05. The molecule has 0 spiro atoms. The third-order valence-corrected chi connectivity index (χ3v) is 1.05. The maximum atomic E-state index is 11.1.